The molecule has 2 aromatic rings. The Balaban J connectivity index is 1.52. The molecule has 0 bridgehead atoms. The number of pyridine rings is 1. The maximum absolute atomic E-state index is 13.6. The van der Waals surface area contributed by atoms with Crippen molar-refractivity contribution in [3.8, 4) is 0 Å². The number of benzene rings is 1. The largest absolute Gasteiger partial charge is 0.444 e. The molecule has 1 saturated carbocycles. The van der Waals surface area contributed by atoms with Gasteiger partial charge in [-0.3, -0.25) is 14.7 Å². The molecule has 1 aromatic carbocycles. The molecule has 182 valence electrons. The molecule has 0 spiro atoms. The van der Waals surface area contributed by atoms with Crippen LogP contribution in [0.15, 0.2) is 42.6 Å². The van der Waals surface area contributed by atoms with Gasteiger partial charge in [0.15, 0.2) is 0 Å². The van der Waals surface area contributed by atoms with Gasteiger partial charge in [-0.15, -0.1) is 0 Å². The maximum atomic E-state index is 13.6. The van der Waals surface area contributed by atoms with Crippen molar-refractivity contribution in [2.75, 3.05) is 11.4 Å². The number of nitrogens with zero attached hydrogens (tertiary/aromatic N) is 3. The number of rotatable bonds is 5. The third-order valence-electron chi connectivity index (χ3n) is 6.58. The number of carbonyl (C=O) groups excluding carboxylic acids is 2. The highest BCUT2D eigenvalue weighted by atomic mass is 19.1. The molecule has 6 nitrogen and oxygen atoms in total. The average Bonchev–Trinajstić information content (AvgIpc) is 2.77. The molecule has 34 heavy (non-hydrogen) atoms. The predicted molar refractivity (Wildman–Crippen MR) is 129 cm³/mol. The Morgan fingerprint density at radius 2 is 1.76 bits per heavy atom. The first-order valence-corrected chi connectivity index (χ1v) is 12.2. The van der Waals surface area contributed by atoms with Gasteiger partial charge in [0.2, 0.25) is 5.91 Å². The number of halogens is 1. The van der Waals surface area contributed by atoms with Gasteiger partial charge in [0.05, 0.1) is 12.2 Å². The minimum absolute atomic E-state index is 0.220. The Kier molecular flexibility index (Phi) is 7.19. The minimum atomic E-state index is -0.638. The van der Waals surface area contributed by atoms with Gasteiger partial charge in [0.1, 0.15) is 17.5 Å². The molecule has 2 amide bonds. The first-order valence-electron chi connectivity index (χ1n) is 12.2. The fraction of sp³-hybridized carbons (Fsp3) is 0.519. The van der Waals surface area contributed by atoms with Gasteiger partial charge in [-0.05, 0) is 81.8 Å². The number of aromatic nitrogens is 1. The standard InChI is InChI=1S/C27H34FN3O3/c1-27(2,3)34-26(33)30-16-15-24(30)25(32)31(23-13-10-21(28)11-14-23)18-22-12-9-20(17-29-22)19-7-5-4-6-8-19/h9-14,17,19,24H,4-8,15-16,18H2,1-3H3. The van der Waals surface area contributed by atoms with Gasteiger partial charge in [-0.25, -0.2) is 9.18 Å². The van der Waals surface area contributed by atoms with E-state index in [1.54, 1.807) is 37.8 Å². The Morgan fingerprint density at radius 3 is 2.32 bits per heavy atom. The molecule has 1 unspecified atom stereocenters. The summed E-state index contributed by atoms with van der Waals surface area (Å²) in [6, 6.07) is 9.31. The Hall–Kier alpha value is -2.96. The summed E-state index contributed by atoms with van der Waals surface area (Å²) in [5.41, 5.74) is 1.93. The fourth-order valence-electron chi connectivity index (χ4n) is 4.65. The number of carbonyl (C=O) groups is 2. The van der Waals surface area contributed by atoms with Crippen LogP contribution < -0.4 is 4.90 Å². The van der Waals surface area contributed by atoms with E-state index < -0.39 is 17.7 Å². The molecule has 2 aliphatic rings. The molecule has 1 saturated heterocycles. The highest BCUT2D eigenvalue weighted by molar-refractivity contribution is 5.99. The molecule has 1 aliphatic heterocycles. The lowest BCUT2D eigenvalue weighted by atomic mass is 9.85. The van der Waals surface area contributed by atoms with Crippen LogP contribution in [0.2, 0.25) is 0 Å². The molecule has 1 aliphatic carbocycles. The highest BCUT2D eigenvalue weighted by Gasteiger charge is 2.42. The van der Waals surface area contributed by atoms with Gasteiger partial charge in [0.25, 0.3) is 0 Å². The lowest BCUT2D eigenvalue weighted by Crippen LogP contribution is -2.59. The van der Waals surface area contributed by atoms with Crippen LogP contribution in [0.3, 0.4) is 0 Å². The molecule has 2 fully saturated rings. The summed E-state index contributed by atoms with van der Waals surface area (Å²) in [6.45, 7) is 6.12. The van der Waals surface area contributed by atoms with Crippen LogP contribution in [0.25, 0.3) is 0 Å². The second kappa shape index (κ2) is 10.1. The van der Waals surface area contributed by atoms with Crippen molar-refractivity contribution < 1.29 is 18.7 Å². The van der Waals surface area contributed by atoms with E-state index in [1.807, 2.05) is 12.3 Å². The summed E-state index contributed by atoms with van der Waals surface area (Å²) in [5, 5.41) is 0. The van der Waals surface area contributed by atoms with E-state index in [0.29, 0.717) is 24.6 Å². The van der Waals surface area contributed by atoms with E-state index in [0.717, 1.165) is 5.69 Å². The van der Waals surface area contributed by atoms with Crippen LogP contribution in [0.4, 0.5) is 14.9 Å². The van der Waals surface area contributed by atoms with E-state index in [4.69, 9.17) is 4.74 Å². The lowest BCUT2D eigenvalue weighted by molar-refractivity contribution is -0.128. The van der Waals surface area contributed by atoms with Crippen molar-refractivity contribution in [1.82, 2.24) is 9.88 Å². The zero-order chi connectivity index (χ0) is 24.3. The Labute approximate surface area is 201 Å². The molecule has 7 heteroatoms. The number of likely N-dealkylation sites (tertiary alicyclic amines) is 1. The van der Waals surface area contributed by atoms with E-state index in [1.165, 1.54) is 54.7 Å². The number of ether oxygens (including phenoxy) is 1. The van der Waals surface area contributed by atoms with Crippen LogP contribution in [0.1, 0.15) is 76.5 Å². The fourth-order valence-corrected chi connectivity index (χ4v) is 4.65. The Morgan fingerprint density at radius 1 is 1.06 bits per heavy atom. The minimum Gasteiger partial charge on any atom is -0.444 e. The van der Waals surface area contributed by atoms with E-state index in [-0.39, 0.29) is 18.3 Å². The number of hydrogen-bond acceptors (Lipinski definition) is 4. The summed E-state index contributed by atoms with van der Waals surface area (Å²) in [4.78, 5) is 33.8. The third kappa shape index (κ3) is 5.75. The topological polar surface area (TPSA) is 62.7 Å². The zero-order valence-corrected chi connectivity index (χ0v) is 20.3. The summed E-state index contributed by atoms with van der Waals surface area (Å²) < 4.78 is 19.0. The van der Waals surface area contributed by atoms with Gasteiger partial charge < -0.3 is 9.64 Å². The Bertz CT molecular complexity index is 995. The van der Waals surface area contributed by atoms with E-state index in [2.05, 4.69) is 11.1 Å². The molecule has 4 rings (SSSR count). The van der Waals surface area contributed by atoms with Crippen molar-refractivity contribution in [3.05, 3.63) is 59.7 Å². The van der Waals surface area contributed by atoms with Crippen LogP contribution in [-0.4, -0.2) is 40.1 Å². The molecular weight excluding hydrogens is 433 g/mol. The lowest BCUT2D eigenvalue weighted by Gasteiger charge is -2.42. The van der Waals surface area contributed by atoms with E-state index >= 15 is 0 Å². The average molecular weight is 468 g/mol. The van der Waals surface area contributed by atoms with Crippen LogP contribution in [-0.2, 0) is 16.1 Å². The summed E-state index contributed by atoms with van der Waals surface area (Å²) in [6.07, 6.45) is 8.21. The predicted octanol–water partition coefficient (Wildman–Crippen LogP) is 5.81. The first-order chi connectivity index (χ1) is 16.2. The van der Waals surface area contributed by atoms with Gasteiger partial charge in [-0.1, -0.05) is 25.3 Å². The van der Waals surface area contributed by atoms with Crippen LogP contribution in [0.5, 0.6) is 0 Å². The third-order valence-corrected chi connectivity index (χ3v) is 6.58. The molecule has 0 N–H and O–H groups in total. The van der Waals surface area contributed by atoms with Crippen LogP contribution >= 0.6 is 0 Å². The normalized spacial score (nSPS) is 18.8. The maximum Gasteiger partial charge on any atom is 0.410 e. The van der Waals surface area contributed by atoms with E-state index in [9.17, 15) is 14.0 Å². The van der Waals surface area contributed by atoms with Crippen molar-refractivity contribution in [2.24, 2.45) is 0 Å². The van der Waals surface area contributed by atoms with Crippen molar-refractivity contribution in [2.45, 2.75) is 83.4 Å². The SMILES string of the molecule is CC(C)(C)OC(=O)N1CCC1C(=O)N(Cc1ccc(C2CCCCC2)cn1)c1ccc(F)cc1. The molecule has 0 radical (unpaired) electrons. The van der Waals surface area contributed by atoms with Gasteiger partial charge in [-0.2, -0.15) is 0 Å². The summed E-state index contributed by atoms with van der Waals surface area (Å²) in [5.74, 6) is -0.0329. The molecule has 1 aromatic heterocycles. The quantitative estimate of drug-likeness (QED) is 0.557. The molecular formula is C27H34FN3O3. The highest BCUT2D eigenvalue weighted by Crippen LogP contribution is 2.32. The van der Waals surface area contributed by atoms with Crippen molar-refractivity contribution >= 4 is 17.7 Å². The number of hydrogen-bond donors (Lipinski definition) is 0. The van der Waals surface area contributed by atoms with Crippen molar-refractivity contribution in [3.63, 3.8) is 0 Å². The van der Waals surface area contributed by atoms with Gasteiger partial charge >= 0.3 is 6.09 Å². The number of anilines is 1. The second-order valence-corrected chi connectivity index (χ2v) is 10.3. The smallest absolute Gasteiger partial charge is 0.410 e. The number of amides is 2. The monoisotopic (exact) mass is 467 g/mol. The first kappa shape index (κ1) is 24.2. The zero-order valence-electron chi connectivity index (χ0n) is 20.3. The van der Waals surface area contributed by atoms with Crippen LogP contribution in [0, 0.1) is 5.82 Å². The molecule has 2 heterocycles. The van der Waals surface area contributed by atoms with Gasteiger partial charge in [0, 0.05) is 18.4 Å². The second-order valence-electron chi connectivity index (χ2n) is 10.3. The van der Waals surface area contributed by atoms with Crippen molar-refractivity contribution in [1.29, 1.82) is 0 Å². The summed E-state index contributed by atoms with van der Waals surface area (Å²) in [7, 11) is 0. The summed E-state index contributed by atoms with van der Waals surface area (Å²) >= 11 is 0. The molecule has 1 atom stereocenters.